The first-order valence-corrected chi connectivity index (χ1v) is 9.32. The van der Waals surface area contributed by atoms with Crippen LogP contribution < -0.4 is 14.2 Å². The Balaban J connectivity index is 1.92. The lowest BCUT2D eigenvalue weighted by Crippen LogP contribution is -2.03. The Labute approximate surface area is 166 Å². The van der Waals surface area contributed by atoms with Gasteiger partial charge in [-0.1, -0.05) is 76.6 Å². The summed E-state index contributed by atoms with van der Waals surface area (Å²) >= 11 is 3.41. The van der Waals surface area contributed by atoms with Gasteiger partial charge in [0.15, 0.2) is 11.5 Å². The zero-order chi connectivity index (χ0) is 20.7. The molecular weight excluding hydrogens is 392 g/mol. The minimum absolute atomic E-state index is 0.126. The molecule has 0 radical (unpaired) electrons. The van der Waals surface area contributed by atoms with Crippen LogP contribution in [0.5, 0.6) is 17.2 Å². The molecule has 0 aliphatic carbocycles. The summed E-state index contributed by atoms with van der Waals surface area (Å²) in [7, 11) is -2.60. The van der Waals surface area contributed by atoms with Crippen LogP contribution in [0.4, 0.5) is 0 Å². The van der Waals surface area contributed by atoms with Gasteiger partial charge >= 0.3 is 0 Å². The quantitative estimate of drug-likeness (QED) is 0.438. The van der Waals surface area contributed by atoms with Gasteiger partial charge in [-0.3, -0.25) is 0 Å². The number of halogens is 1. The molecule has 0 aromatic heterocycles. The zero-order valence-electron chi connectivity index (χ0n) is 17.2. The van der Waals surface area contributed by atoms with E-state index in [0.29, 0.717) is 17.7 Å². The highest BCUT2D eigenvalue weighted by atomic mass is 79.9. The highest BCUT2D eigenvalue weighted by Gasteiger charge is 2.15. The summed E-state index contributed by atoms with van der Waals surface area (Å²) in [5.41, 5.74) is 2.76. The SMILES string of the molecule is [2H]C([2H])([2H])Oc1cc(CBr)cc(OCc2ccccc2)c1OCc1ccccc1. The smallest absolute Gasteiger partial charge is 0.203 e. The van der Waals surface area contributed by atoms with Crippen molar-refractivity contribution in [3.63, 3.8) is 0 Å². The fourth-order valence-electron chi connectivity index (χ4n) is 2.50. The van der Waals surface area contributed by atoms with Crippen molar-refractivity contribution in [3.05, 3.63) is 89.5 Å². The molecule has 134 valence electrons. The maximum atomic E-state index is 7.50. The Bertz CT molecular complexity index is 916. The molecule has 0 saturated heterocycles. The standard InChI is InChI=1S/C22H21BrO3/c1-24-20-12-19(14-23)13-21(25-15-17-8-4-2-5-9-17)22(20)26-16-18-10-6-3-7-11-18/h2-13H,14-16H2,1H3/i1D3. The molecule has 0 heterocycles. The molecule has 3 nitrogen and oxygen atoms in total. The summed E-state index contributed by atoms with van der Waals surface area (Å²) in [4.78, 5) is 0. The molecule has 0 saturated carbocycles. The van der Waals surface area contributed by atoms with E-state index >= 15 is 0 Å². The number of benzene rings is 3. The molecule has 0 amide bonds. The predicted molar refractivity (Wildman–Crippen MR) is 107 cm³/mol. The average Bonchev–Trinajstić information content (AvgIpc) is 2.71. The van der Waals surface area contributed by atoms with Gasteiger partial charge in [0.2, 0.25) is 5.75 Å². The van der Waals surface area contributed by atoms with Gasteiger partial charge in [-0.2, -0.15) is 0 Å². The molecule has 0 fully saturated rings. The second-order valence-corrected chi connectivity index (χ2v) is 6.27. The first kappa shape index (κ1) is 14.7. The maximum absolute atomic E-state index is 7.50. The molecule has 3 aromatic rings. The highest BCUT2D eigenvalue weighted by molar-refractivity contribution is 9.08. The minimum Gasteiger partial charge on any atom is -0.493 e. The molecule has 0 bridgehead atoms. The second kappa shape index (κ2) is 9.30. The molecule has 0 aliphatic rings. The number of hydrogen-bond acceptors (Lipinski definition) is 3. The Kier molecular flexibility index (Phi) is 5.25. The van der Waals surface area contributed by atoms with Gasteiger partial charge in [0.05, 0.1) is 11.2 Å². The van der Waals surface area contributed by atoms with E-state index in [9.17, 15) is 0 Å². The van der Waals surface area contributed by atoms with Gasteiger partial charge in [0.25, 0.3) is 0 Å². The predicted octanol–water partition coefficient (Wildman–Crippen LogP) is 5.75. The van der Waals surface area contributed by atoms with Gasteiger partial charge in [-0.15, -0.1) is 0 Å². The van der Waals surface area contributed by atoms with Gasteiger partial charge in [0.1, 0.15) is 13.2 Å². The molecule has 3 aromatic carbocycles. The normalized spacial score (nSPS) is 12.6. The fourth-order valence-corrected chi connectivity index (χ4v) is 2.82. The average molecular weight is 416 g/mol. The fraction of sp³-hybridized carbons (Fsp3) is 0.182. The molecular formula is C22H21BrO3. The van der Waals surface area contributed by atoms with Gasteiger partial charge in [-0.05, 0) is 28.8 Å². The Hall–Kier alpha value is -2.46. The summed E-state index contributed by atoms with van der Waals surface area (Å²) in [6.45, 7) is 0.578. The number of ether oxygens (including phenoxy) is 3. The van der Waals surface area contributed by atoms with Crippen LogP contribution in [0.3, 0.4) is 0 Å². The van der Waals surface area contributed by atoms with E-state index in [0.717, 1.165) is 16.7 Å². The van der Waals surface area contributed by atoms with Gasteiger partial charge < -0.3 is 14.2 Å². The van der Waals surface area contributed by atoms with Crippen molar-refractivity contribution in [1.29, 1.82) is 0 Å². The van der Waals surface area contributed by atoms with E-state index in [1.54, 1.807) is 6.07 Å². The van der Waals surface area contributed by atoms with Crippen LogP contribution in [0.1, 0.15) is 20.8 Å². The number of methoxy groups -OCH3 is 1. The van der Waals surface area contributed by atoms with Crippen molar-refractivity contribution in [3.8, 4) is 17.2 Å². The molecule has 0 atom stereocenters. The van der Waals surface area contributed by atoms with E-state index in [-0.39, 0.29) is 18.1 Å². The Morgan fingerprint density at radius 1 is 0.769 bits per heavy atom. The van der Waals surface area contributed by atoms with Gasteiger partial charge in [-0.25, -0.2) is 0 Å². The summed E-state index contributed by atoms with van der Waals surface area (Å²) in [5.74, 6) is 0.826. The lowest BCUT2D eigenvalue weighted by atomic mass is 10.2. The van der Waals surface area contributed by atoms with E-state index in [1.807, 2.05) is 66.7 Å². The summed E-state index contributed by atoms with van der Waals surface area (Å²) in [6, 6.07) is 22.8. The van der Waals surface area contributed by atoms with Crippen molar-refractivity contribution in [2.75, 3.05) is 7.04 Å². The van der Waals surface area contributed by atoms with Crippen molar-refractivity contribution in [2.24, 2.45) is 0 Å². The monoisotopic (exact) mass is 415 g/mol. The Morgan fingerprint density at radius 2 is 1.35 bits per heavy atom. The van der Waals surface area contributed by atoms with Gasteiger partial charge in [0, 0.05) is 5.33 Å². The van der Waals surface area contributed by atoms with Crippen LogP contribution >= 0.6 is 15.9 Å². The van der Waals surface area contributed by atoms with Crippen LogP contribution in [0, 0.1) is 0 Å². The van der Waals surface area contributed by atoms with Crippen LogP contribution in [-0.2, 0) is 18.5 Å². The second-order valence-electron chi connectivity index (χ2n) is 5.71. The highest BCUT2D eigenvalue weighted by Crippen LogP contribution is 2.40. The van der Waals surface area contributed by atoms with Crippen LogP contribution in [-0.4, -0.2) is 7.04 Å². The third-order valence-electron chi connectivity index (χ3n) is 3.81. The maximum Gasteiger partial charge on any atom is 0.203 e. The largest absolute Gasteiger partial charge is 0.493 e. The van der Waals surface area contributed by atoms with E-state index in [1.165, 1.54) is 0 Å². The summed E-state index contributed by atoms with van der Waals surface area (Å²) < 4.78 is 39.7. The van der Waals surface area contributed by atoms with Crippen LogP contribution in [0.2, 0.25) is 0 Å². The molecule has 0 unspecified atom stereocenters. The van der Waals surface area contributed by atoms with E-state index < -0.39 is 7.04 Å². The molecule has 3 rings (SSSR count). The minimum atomic E-state index is -2.60. The van der Waals surface area contributed by atoms with Crippen LogP contribution in [0.15, 0.2) is 72.8 Å². The molecule has 0 aliphatic heterocycles. The number of hydrogen-bond donors (Lipinski definition) is 0. The lowest BCUT2D eigenvalue weighted by Gasteiger charge is -2.17. The molecule has 26 heavy (non-hydrogen) atoms. The molecule has 4 heteroatoms. The number of rotatable bonds is 8. The third-order valence-corrected chi connectivity index (χ3v) is 4.46. The third kappa shape index (κ3) is 4.79. The topological polar surface area (TPSA) is 27.7 Å². The van der Waals surface area contributed by atoms with Crippen molar-refractivity contribution in [2.45, 2.75) is 18.5 Å². The van der Waals surface area contributed by atoms with Crippen LogP contribution in [0.25, 0.3) is 0 Å². The first-order valence-electron chi connectivity index (χ1n) is 9.70. The molecule has 0 spiro atoms. The Morgan fingerprint density at radius 3 is 1.92 bits per heavy atom. The summed E-state index contributed by atoms with van der Waals surface area (Å²) in [6.07, 6.45) is 0. The van der Waals surface area contributed by atoms with E-state index in [2.05, 4.69) is 15.9 Å². The van der Waals surface area contributed by atoms with E-state index in [4.69, 9.17) is 18.3 Å². The van der Waals surface area contributed by atoms with Crippen molar-refractivity contribution in [1.82, 2.24) is 0 Å². The van der Waals surface area contributed by atoms with Crippen molar-refractivity contribution < 1.29 is 18.3 Å². The lowest BCUT2D eigenvalue weighted by molar-refractivity contribution is 0.243. The number of alkyl halides is 1. The first-order chi connectivity index (χ1) is 13.9. The van der Waals surface area contributed by atoms with Crippen molar-refractivity contribution >= 4 is 15.9 Å². The zero-order valence-corrected chi connectivity index (χ0v) is 15.7. The summed E-state index contributed by atoms with van der Waals surface area (Å²) in [5, 5.41) is 0.519. The molecule has 0 N–H and O–H groups in total.